The van der Waals surface area contributed by atoms with Crippen LogP contribution in [0.15, 0.2) is 109 Å². The molecule has 2 aromatic heterocycles. The van der Waals surface area contributed by atoms with Crippen LogP contribution >= 0.6 is 11.6 Å². The first kappa shape index (κ1) is 28.6. The maximum Gasteiger partial charge on any atom is 0.257 e. The minimum atomic E-state index is -0.372. The molecule has 2 amide bonds. The van der Waals surface area contributed by atoms with Crippen LogP contribution in [0.2, 0.25) is 5.02 Å². The highest BCUT2D eigenvalue weighted by atomic mass is 35.5. The summed E-state index contributed by atoms with van der Waals surface area (Å²) in [6.45, 7) is 0. The topological polar surface area (TPSA) is 140 Å². The van der Waals surface area contributed by atoms with Crippen LogP contribution in [0.1, 0.15) is 11.1 Å². The van der Waals surface area contributed by atoms with E-state index in [-0.39, 0.29) is 17.6 Å². The Kier molecular flexibility index (Phi) is 7.49. The normalized spacial score (nSPS) is 14.8. The van der Waals surface area contributed by atoms with Gasteiger partial charge in [-0.3, -0.25) is 19.8 Å². The number of carbonyl (C=O) groups is 2. The highest BCUT2D eigenvalue weighted by Gasteiger charge is 2.25. The summed E-state index contributed by atoms with van der Waals surface area (Å²) in [6.07, 6.45) is 3.19. The van der Waals surface area contributed by atoms with Gasteiger partial charge in [0.15, 0.2) is 11.6 Å². The highest BCUT2D eigenvalue weighted by Crippen LogP contribution is 2.34. The Morgan fingerprint density at radius 1 is 0.696 bits per heavy atom. The van der Waals surface area contributed by atoms with Gasteiger partial charge in [-0.05, 0) is 42.0 Å². The second-order valence-electron chi connectivity index (χ2n) is 10.3. The van der Waals surface area contributed by atoms with Gasteiger partial charge in [-0.15, -0.1) is 0 Å². The van der Waals surface area contributed by atoms with E-state index in [2.05, 4.69) is 41.7 Å². The van der Waals surface area contributed by atoms with Crippen molar-refractivity contribution in [2.24, 2.45) is 0 Å². The standard InChI is InChI=1S/C18H13ClN4O.C16H11FN4O/c19-12-6-7-15-13(8-12)14(18(24)21-15)10-20-17-9-16(22-23-17)11-4-2-1-3-5-11;17-11-5-3-7-13-14(11)15(21-20-13)18-8-10-9-4-1-2-6-12(9)19-16(10)22/h1-10H,(H,21,24)(H2,20,22,23);1-8H,(H,19,22)(H2,18,20,21)/b14-10+;10-8+. The maximum atomic E-state index is 13.9. The summed E-state index contributed by atoms with van der Waals surface area (Å²) in [6, 6.07) is 29.2. The quantitative estimate of drug-likeness (QED) is 0.111. The number of amides is 2. The first-order chi connectivity index (χ1) is 22.4. The average molecular weight is 631 g/mol. The van der Waals surface area contributed by atoms with E-state index in [0.717, 1.165) is 33.8 Å². The molecular weight excluding hydrogens is 607 g/mol. The predicted octanol–water partition coefficient (Wildman–Crippen LogP) is 7.24. The van der Waals surface area contributed by atoms with E-state index in [1.807, 2.05) is 60.7 Å². The number of rotatable bonds is 5. The zero-order valence-electron chi connectivity index (χ0n) is 23.9. The summed E-state index contributed by atoms with van der Waals surface area (Å²) < 4.78 is 13.9. The van der Waals surface area contributed by atoms with E-state index in [1.54, 1.807) is 42.7 Å². The third-order valence-corrected chi connectivity index (χ3v) is 7.63. The third-order valence-electron chi connectivity index (χ3n) is 7.39. The number of aromatic amines is 2. The van der Waals surface area contributed by atoms with Gasteiger partial charge in [-0.2, -0.15) is 10.2 Å². The zero-order valence-corrected chi connectivity index (χ0v) is 24.6. The van der Waals surface area contributed by atoms with E-state index >= 15 is 0 Å². The Labute approximate surface area is 266 Å². The van der Waals surface area contributed by atoms with Crippen molar-refractivity contribution >= 4 is 68.5 Å². The fourth-order valence-electron chi connectivity index (χ4n) is 5.17. The van der Waals surface area contributed by atoms with Gasteiger partial charge in [-0.25, -0.2) is 4.39 Å². The molecule has 4 aromatic carbocycles. The van der Waals surface area contributed by atoms with Gasteiger partial charge in [-0.1, -0.05) is 66.2 Å². The molecule has 10 nitrogen and oxygen atoms in total. The first-order valence-corrected chi connectivity index (χ1v) is 14.5. The molecule has 0 fully saturated rings. The smallest absolute Gasteiger partial charge is 0.257 e. The second kappa shape index (κ2) is 12.1. The summed E-state index contributed by atoms with van der Waals surface area (Å²) in [5.41, 5.74) is 6.65. The van der Waals surface area contributed by atoms with Crippen molar-refractivity contribution in [1.29, 1.82) is 0 Å². The molecule has 0 radical (unpaired) electrons. The number of hydrogen-bond donors (Lipinski definition) is 6. The van der Waals surface area contributed by atoms with Gasteiger partial charge in [0.1, 0.15) is 5.82 Å². The van der Waals surface area contributed by atoms with E-state index in [0.29, 0.717) is 38.7 Å². The molecular formula is C34H24ClFN8O2. The van der Waals surface area contributed by atoms with Gasteiger partial charge in [0, 0.05) is 46.0 Å². The van der Waals surface area contributed by atoms with E-state index in [1.165, 1.54) is 6.07 Å². The molecule has 0 unspecified atom stereocenters. The largest absolute Gasteiger partial charge is 0.344 e. The van der Waals surface area contributed by atoms with E-state index in [9.17, 15) is 14.0 Å². The Bertz CT molecular complexity index is 2190. The van der Waals surface area contributed by atoms with Crippen molar-refractivity contribution in [3.05, 3.63) is 131 Å². The number of fused-ring (bicyclic) bond motifs is 3. The van der Waals surface area contributed by atoms with Gasteiger partial charge in [0.25, 0.3) is 11.8 Å². The molecule has 0 bridgehead atoms. The van der Waals surface area contributed by atoms with E-state index < -0.39 is 0 Å². The van der Waals surface area contributed by atoms with Crippen LogP contribution in [-0.2, 0) is 9.59 Å². The van der Waals surface area contributed by atoms with Gasteiger partial charge in [0.2, 0.25) is 0 Å². The Morgan fingerprint density at radius 2 is 1.41 bits per heavy atom. The second-order valence-corrected chi connectivity index (χ2v) is 10.8. The third kappa shape index (κ3) is 5.58. The number of carbonyl (C=O) groups excluding carboxylic acids is 2. The van der Waals surface area contributed by atoms with Crippen LogP contribution in [0.3, 0.4) is 0 Å². The lowest BCUT2D eigenvalue weighted by Gasteiger charge is -2.00. The van der Waals surface area contributed by atoms with Crippen molar-refractivity contribution < 1.29 is 14.0 Å². The fourth-order valence-corrected chi connectivity index (χ4v) is 5.34. The van der Waals surface area contributed by atoms with Crippen LogP contribution in [0.5, 0.6) is 0 Å². The van der Waals surface area contributed by atoms with Gasteiger partial charge < -0.3 is 21.3 Å². The lowest BCUT2D eigenvalue weighted by atomic mass is 10.1. The number of para-hydroxylation sites is 1. The van der Waals surface area contributed by atoms with Crippen molar-refractivity contribution in [3.8, 4) is 11.3 Å². The van der Waals surface area contributed by atoms with Crippen LogP contribution in [0.25, 0.3) is 33.3 Å². The molecule has 0 saturated carbocycles. The first-order valence-electron chi connectivity index (χ1n) is 14.1. The SMILES string of the molecule is O=C1Nc2ccc(Cl)cc2/C1=C\Nc1cc(-c2ccccc2)[nH]n1.O=C1Nc2ccccc2/C1=C\Nc1n[nH]c2cccc(F)c12. The summed E-state index contributed by atoms with van der Waals surface area (Å²) in [7, 11) is 0. The minimum Gasteiger partial charge on any atom is -0.344 e. The fraction of sp³-hybridized carbons (Fsp3) is 0. The molecule has 4 heterocycles. The van der Waals surface area contributed by atoms with Crippen molar-refractivity contribution in [3.63, 3.8) is 0 Å². The molecule has 8 rings (SSSR count). The van der Waals surface area contributed by atoms with Crippen LogP contribution < -0.4 is 21.3 Å². The Hall–Kier alpha value is -6.20. The number of H-pyrrole nitrogens is 2. The van der Waals surface area contributed by atoms with Crippen LogP contribution in [-0.4, -0.2) is 32.2 Å². The monoisotopic (exact) mass is 630 g/mol. The van der Waals surface area contributed by atoms with Gasteiger partial charge in [0.05, 0.1) is 27.7 Å². The summed E-state index contributed by atoms with van der Waals surface area (Å²) in [5, 5.41) is 26.5. The van der Waals surface area contributed by atoms with Crippen LogP contribution in [0, 0.1) is 5.82 Å². The minimum absolute atomic E-state index is 0.168. The molecule has 2 aliphatic rings. The van der Waals surface area contributed by atoms with Crippen LogP contribution in [0.4, 0.5) is 27.4 Å². The summed E-state index contributed by atoms with van der Waals surface area (Å²) in [4.78, 5) is 24.1. The predicted molar refractivity (Wildman–Crippen MR) is 178 cm³/mol. The van der Waals surface area contributed by atoms with Crippen molar-refractivity contribution in [1.82, 2.24) is 20.4 Å². The number of hydrogen-bond acceptors (Lipinski definition) is 6. The summed E-state index contributed by atoms with van der Waals surface area (Å²) >= 11 is 6.02. The van der Waals surface area contributed by atoms with Crippen molar-refractivity contribution in [2.45, 2.75) is 0 Å². The number of nitrogens with one attached hydrogen (secondary N) is 6. The number of nitrogens with zero attached hydrogens (tertiary/aromatic N) is 2. The average Bonchev–Trinajstić information content (AvgIpc) is 3.84. The number of anilines is 4. The van der Waals surface area contributed by atoms with Crippen molar-refractivity contribution in [2.75, 3.05) is 21.3 Å². The zero-order chi connectivity index (χ0) is 31.6. The highest BCUT2D eigenvalue weighted by molar-refractivity contribution is 6.34. The Morgan fingerprint density at radius 3 is 2.24 bits per heavy atom. The molecule has 2 aliphatic heterocycles. The number of aromatic nitrogens is 4. The molecule has 0 saturated heterocycles. The molecule has 0 atom stereocenters. The molecule has 0 spiro atoms. The van der Waals surface area contributed by atoms with E-state index in [4.69, 9.17) is 11.6 Å². The number of halogens is 2. The molecule has 12 heteroatoms. The maximum absolute atomic E-state index is 13.9. The molecule has 226 valence electrons. The lowest BCUT2D eigenvalue weighted by molar-refractivity contribution is -0.111. The molecule has 6 N–H and O–H groups in total. The lowest BCUT2D eigenvalue weighted by Crippen LogP contribution is -2.05. The Balaban J connectivity index is 0.000000147. The summed E-state index contributed by atoms with van der Waals surface area (Å²) in [5.74, 6) is 0.235. The van der Waals surface area contributed by atoms with Gasteiger partial charge >= 0.3 is 0 Å². The molecule has 0 aliphatic carbocycles. The molecule has 6 aromatic rings. The molecule has 46 heavy (non-hydrogen) atoms. The number of benzene rings is 4.